The van der Waals surface area contributed by atoms with Crippen LogP contribution >= 0.6 is 0 Å². The van der Waals surface area contributed by atoms with Crippen LogP contribution in [0.5, 0.6) is 0 Å². The van der Waals surface area contributed by atoms with Gasteiger partial charge in [-0.1, -0.05) is 38.0 Å². The van der Waals surface area contributed by atoms with Crippen molar-refractivity contribution in [2.24, 2.45) is 28.6 Å². The fourth-order valence-corrected chi connectivity index (χ4v) is 6.42. The van der Waals surface area contributed by atoms with Crippen molar-refractivity contribution in [1.29, 1.82) is 0 Å². The number of allylic oxidation sites excluding steroid dienone is 4. The van der Waals surface area contributed by atoms with Gasteiger partial charge >= 0.3 is 0 Å². The maximum atomic E-state index is 12.1. The highest BCUT2D eigenvalue weighted by atomic mass is 16.3. The van der Waals surface area contributed by atoms with E-state index in [4.69, 9.17) is 0 Å². The van der Waals surface area contributed by atoms with Crippen molar-refractivity contribution >= 4 is 5.78 Å². The smallest absolute Gasteiger partial charge is 0.158 e. The van der Waals surface area contributed by atoms with E-state index in [0.29, 0.717) is 17.6 Å². The zero-order valence-electron chi connectivity index (χ0n) is 15.0. The van der Waals surface area contributed by atoms with Gasteiger partial charge in [-0.15, -0.1) is 0 Å². The molecule has 1 N–H and O–H groups in total. The van der Waals surface area contributed by atoms with Crippen LogP contribution in [0.3, 0.4) is 0 Å². The van der Waals surface area contributed by atoms with E-state index in [1.807, 2.05) is 13.0 Å². The van der Waals surface area contributed by atoms with E-state index in [-0.39, 0.29) is 16.7 Å². The Morgan fingerprint density at radius 2 is 1.96 bits per heavy atom. The van der Waals surface area contributed by atoms with Crippen LogP contribution in [0.25, 0.3) is 0 Å². The molecule has 6 atom stereocenters. The molecule has 23 heavy (non-hydrogen) atoms. The van der Waals surface area contributed by atoms with E-state index in [1.54, 1.807) is 5.57 Å². The number of carbonyl (C=O) groups is 1. The Labute approximate surface area is 140 Å². The van der Waals surface area contributed by atoms with Crippen molar-refractivity contribution in [2.45, 2.75) is 71.8 Å². The Morgan fingerprint density at radius 1 is 1.22 bits per heavy atom. The molecule has 4 rings (SSSR count). The predicted octanol–water partition coefficient (Wildman–Crippen LogP) is 4.44. The van der Waals surface area contributed by atoms with E-state index < -0.39 is 5.60 Å². The molecule has 0 aromatic carbocycles. The molecular formula is C21H30O2. The average molecular weight is 314 g/mol. The van der Waals surface area contributed by atoms with Gasteiger partial charge in [0, 0.05) is 16.7 Å². The molecule has 0 saturated heterocycles. The molecule has 0 spiro atoms. The second-order valence-electron chi connectivity index (χ2n) is 9.35. The molecule has 0 aromatic heterocycles. The molecule has 0 unspecified atom stereocenters. The molecule has 0 heterocycles. The number of rotatable bonds is 0. The number of carbonyl (C=O) groups excluding carboxylic acids is 1. The van der Waals surface area contributed by atoms with E-state index in [2.05, 4.69) is 26.8 Å². The lowest BCUT2D eigenvalue weighted by Gasteiger charge is -2.55. The highest BCUT2D eigenvalue weighted by molar-refractivity contribution is 5.93. The first kappa shape index (κ1) is 15.6. The molecule has 4 aliphatic carbocycles. The first-order valence-electron chi connectivity index (χ1n) is 9.37. The Bertz CT molecular complexity index is 626. The summed E-state index contributed by atoms with van der Waals surface area (Å²) in [5, 5.41) is 10.9. The minimum absolute atomic E-state index is 0.0227. The third kappa shape index (κ3) is 1.88. The van der Waals surface area contributed by atoms with Crippen LogP contribution in [0, 0.1) is 28.6 Å². The summed E-state index contributed by atoms with van der Waals surface area (Å²) in [6, 6.07) is 0. The van der Waals surface area contributed by atoms with Crippen molar-refractivity contribution in [3.8, 4) is 0 Å². The third-order valence-corrected chi connectivity index (χ3v) is 8.21. The molecular weight excluding hydrogens is 284 g/mol. The molecule has 0 aliphatic heterocycles. The lowest BCUT2D eigenvalue weighted by atomic mass is 9.50. The molecule has 2 fully saturated rings. The number of hydrogen-bond acceptors (Lipinski definition) is 2. The van der Waals surface area contributed by atoms with Crippen LogP contribution in [0.4, 0.5) is 0 Å². The fraction of sp³-hybridized carbons (Fsp3) is 0.762. The van der Waals surface area contributed by atoms with Crippen molar-refractivity contribution in [1.82, 2.24) is 0 Å². The highest BCUT2D eigenvalue weighted by Crippen LogP contribution is 2.65. The van der Waals surface area contributed by atoms with Crippen LogP contribution < -0.4 is 0 Å². The molecule has 2 heteroatoms. The zero-order valence-corrected chi connectivity index (χ0v) is 15.0. The van der Waals surface area contributed by atoms with E-state index in [9.17, 15) is 9.90 Å². The SMILES string of the molecule is C[C@@H]1C[C@]2(C)C(=CC1=O)CC[C@@H]1C2=CC[C@]2(C)[C@H]1CC[C@]2(C)O. The maximum Gasteiger partial charge on any atom is 0.158 e. The minimum atomic E-state index is -0.535. The third-order valence-electron chi connectivity index (χ3n) is 8.21. The second-order valence-corrected chi connectivity index (χ2v) is 9.35. The number of fused-ring (bicyclic) bond motifs is 5. The molecule has 0 amide bonds. The summed E-state index contributed by atoms with van der Waals surface area (Å²) in [5.41, 5.74) is 2.54. The summed E-state index contributed by atoms with van der Waals surface area (Å²) < 4.78 is 0. The molecule has 2 saturated carbocycles. The number of aliphatic hydroxyl groups is 1. The summed E-state index contributed by atoms with van der Waals surface area (Å²) in [5.74, 6) is 1.67. The van der Waals surface area contributed by atoms with E-state index in [1.165, 1.54) is 5.57 Å². The number of hydrogen-bond donors (Lipinski definition) is 1. The van der Waals surface area contributed by atoms with Crippen LogP contribution in [0.15, 0.2) is 23.3 Å². The number of ketones is 1. The summed E-state index contributed by atoms with van der Waals surface area (Å²) in [7, 11) is 0. The average Bonchev–Trinajstić information content (AvgIpc) is 2.71. The second kappa shape index (κ2) is 4.59. The van der Waals surface area contributed by atoms with Crippen LogP contribution in [-0.2, 0) is 4.79 Å². The van der Waals surface area contributed by atoms with Gasteiger partial charge < -0.3 is 5.11 Å². The predicted molar refractivity (Wildman–Crippen MR) is 91.9 cm³/mol. The fourth-order valence-electron chi connectivity index (χ4n) is 6.42. The van der Waals surface area contributed by atoms with Crippen LogP contribution in [0.2, 0.25) is 0 Å². The molecule has 0 bridgehead atoms. The van der Waals surface area contributed by atoms with Crippen LogP contribution in [-0.4, -0.2) is 16.5 Å². The summed E-state index contributed by atoms with van der Waals surface area (Å²) in [6.07, 6.45) is 10.7. The highest BCUT2D eigenvalue weighted by Gasteiger charge is 2.60. The zero-order chi connectivity index (χ0) is 16.6. The van der Waals surface area contributed by atoms with Crippen molar-refractivity contribution in [3.63, 3.8) is 0 Å². The Morgan fingerprint density at radius 3 is 2.70 bits per heavy atom. The minimum Gasteiger partial charge on any atom is -0.390 e. The monoisotopic (exact) mass is 314 g/mol. The quantitative estimate of drug-likeness (QED) is 0.671. The van der Waals surface area contributed by atoms with E-state index in [0.717, 1.165) is 38.5 Å². The van der Waals surface area contributed by atoms with Gasteiger partial charge in [0.2, 0.25) is 0 Å². The summed E-state index contributed by atoms with van der Waals surface area (Å²) >= 11 is 0. The van der Waals surface area contributed by atoms with E-state index >= 15 is 0 Å². The van der Waals surface area contributed by atoms with Gasteiger partial charge in [0.25, 0.3) is 0 Å². The van der Waals surface area contributed by atoms with Gasteiger partial charge in [0.05, 0.1) is 5.60 Å². The molecule has 0 radical (unpaired) electrons. The van der Waals surface area contributed by atoms with Crippen molar-refractivity contribution in [2.75, 3.05) is 0 Å². The lowest BCUT2D eigenvalue weighted by molar-refractivity contribution is -0.119. The first-order chi connectivity index (χ1) is 10.7. The van der Waals surface area contributed by atoms with Gasteiger partial charge in [-0.2, -0.15) is 0 Å². The van der Waals surface area contributed by atoms with Gasteiger partial charge in [-0.3, -0.25) is 4.79 Å². The Kier molecular flexibility index (Phi) is 3.12. The largest absolute Gasteiger partial charge is 0.390 e. The Balaban J connectivity index is 1.78. The normalized spacial score (nSPS) is 52.2. The van der Waals surface area contributed by atoms with Gasteiger partial charge in [0.15, 0.2) is 5.78 Å². The van der Waals surface area contributed by atoms with Gasteiger partial charge in [-0.25, -0.2) is 0 Å². The standard InChI is InChI=1S/C21H30O2/c1-13-12-19(2)14(11-18(13)22)5-6-15-16(19)7-9-20(3)17(15)8-10-21(20,4)23/h7,11,13,15,17,23H,5-6,8-10,12H2,1-4H3/t13-,15-,17+,19-,20-,21+/m1/s1. The molecule has 4 aliphatic rings. The molecule has 2 nitrogen and oxygen atoms in total. The summed E-state index contributed by atoms with van der Waals surface area (Å²) in [6.45, 7) is 8.80. The summed E-state index contributed by atoms with van der Waals surface area (Å²) in [4.78, 5) is 12.1. The topological polar surface area (TPSA) is 37.3 Å². The van der Waals surface area contributed by atoms with Gasteiger partial charge in [0.1, 0.15) is 0 Å². The van der Waals surface area contributed by atoms with Crippen LogP contribution in [0.1, 0.15) is 66.2 Å². The lowest BCUT2D eigenvalue weighted by Crippen LogP contribution is -2.49. The molecule has 0 aromatic rings. The van der Waals surface area contributed by atoms with Crippen molar-refractivity contribution < 1.29 is 9.90 Å². The molecule has 126 valence electrons. The Hall–Kier alpha value is -0.890. The maximum absolute atomic E-state index is 12.1. The van der Waals surface area contributed by atoms with Gasteiger partial charge in [-0.05, 0) is 63.4 Å². The van der Waals surface area contributed by atoms with Crippen molar-refractivity contribution in [3.05, 3.63) is 23.3 Å². The first-order valence-corrected chi connectivity index (χ1v) is 9.37.